The number of aromatic carboxylic acids is 1. The lowest BCUT2D eigenvalue weighted by Crippen LogP contribution is -2.11. The van der Waals surface area contributed by atoms with Gasteiger partial charge in [-0.15, -0.1) is 0 Å². The molecule has 0 radical (unpaired) electrons. The summed E-state index contributed by atoms with van der Waals surface area (Å²) in [5, 5.41) is 13.6. The monoisotopic (exact) mass is 479 g/mol. The summed E-state index contributed by atoms with van der Waals surface area (Å²) in [5.74, 6) is -0.969. The van der Waals surface area contributed by atoms with Crippen molar-refractivity contribution in [3.8, 4) is 34.0 Å². The molecule has 36 heavy (non-hydrogen) atoms. The predicted octanol–water partition coefficient (Wildman–Crippen LogP) is 5.04. The lowest BCUT2D eigenvalue weighted by molar-refractivity contribution is 0.0696. The van der Waals surface area contributed by atoms with Crippen LogP contribution in [0.3, 0.4) is 0 Å². The summed E-state index contributed by atoms with van der Waals surface area (Å²) in [5.41, 5.74) is 10.7. The zero-order valence-electron chi connectivity index (χ0n) is 19.5. The van der Waals surface area contributed by atoms with Gasteiger partial charge in [-0.05, 0) is 43.7 Å². The molecule has 5 aromatic rings. The van der Waals surface area contributed by atoms with E-state index in [0.29, 0.717) is 22.5 Å². The second-order valence-corrected chi connectivity index (χ2v) is 8.21. The Kier molecular flexibility index (Phi) is 5.65. The number of anilines is 1. The predicted molar refractivity (Wildman–Crippen MR) is 134 cm³/mol. The number of aryl methyl sites for hydroxylation is 1. The van der Waals surface area contributed by atoms with Crippen LogP contribution in [0.2, 0.25) is 0 Å². The molecule has 0 amide bonds. The Morgan fingerprint density at radius 3 is 2.42 bits per heavy atom. The lowest BCUT2D eigenvalue weighted by atomic mass is 10.1. The van der Waals surface area contributed by atoms with Gasteiger partial charge in [0.15, 0.2) is 11.4 Å². The van der Waals surface area contributed by atoms with Crippen LogP contribution in [0.4, 0.5) is 5.82 Å². The molecular weight excluding hydrogens is 458 g/mol. The molecule has 0 atom stereocenters. The van der Waals surface area contributed by atoms with Crippen LogP contribution in [0.25, 0.3) is 28.0 Å². The molecule has 0 saturated carbocycles. The average molecular weight is 479 g/mol. The second-order valence-electron chi connectivity index (χ2n) is 8.21. The van der Waals surface area contributed by atoms with Gasteiger partial charge in [0.25, 0.3) is 0 Å². The maximum atomic E-state index is 12.5. The van der Waals surface area contributed by atoms with E-state index in [2.05, 4.69) is 15.1 Å². The van der Waals surface area contributed by atoms with Crippen molar-refractivity contribution in [2.75, 3.05) is 5.73 Å². The Morgan fingerprint density at radius 2 is 1.78 bits per heavy atom. The maximum Gasteiger partial charge on any atom is 0.335 e. The largest absolute Gasteiger partial charge is 0.478 e. The number of Topliss-reactive ketones (excluding diaryl/α,β-unsaturated/α-hetero) is 1. The van der Waals surface area contributed by atoms with Gasteiger partial charge >= 0.3 is 5.97 Å². The van der Waals surface area contributed by atoms with E-state index >= 15 is 0 Å². The summed E-state index contributed by atoms with van der Waals surface area (Å²) in [6.45, 7) is 3.02. The quantitative estimate of drug-likeness (QED) is 0.324. The van der Waals surface area contributed by atoms with Crippen LogP contribution in [0.15, 0.2) is 73.1 Å². The molecule has 0 unspecified atom stereocenters. The highest BCUT2D eigenvalue weighted by molar-refractivity contribution is 6.01. The number of benzene rings is 2. The van der Waals surface area contributed by atoms with Gasteiger partial charge in [0.1, 0.15) is 17.1 Å². The van der Waals surface area contributed by atoms with Gasteiger partial charge in [-0.2, -0.15) is 14.6 Å². The first kappa shape index (κ1) is 22.7. The van der Waals surface area contributed by atoms with Gasteiger partial charge in [0, 0.05) is 22.9 Å². The summed E-state index contributed by atoms with van der Waals surface area (Å²) in [7, 11) is 0. The summed E-state index contributed by atoms with van der Waals surface area (Å²) in [6, 6.07) is 18.2. The molecule has 3 heterocycles. The third-order valence-corrected chi connectivity index (χ3v) is 5.79. The molecule has 0 aliphatic rings. The molecule has 0 bridgehead atoms. The number of rotatable bonds is 6. The number of carboxylic acid groups (broad SMARTS) is 1. The normalized spacial score (nSPS) is 10.9. The molecule has 0 aliphatic carbocycles. The molecule has 0 fully saturated rings. The van der Waals surface area contributed by atoms with E-state index in [9.17, 15) is 14.7 Å². The molecule has 9 heteroatoms. The highest BCUT2D eigenvalue weighted by Crippen LogP contribution is 2.33. The number of fused-ring (bicyclic) bond motifs is 1. The van der Waals surface area contributed by atoms with E-state index in [-0.39, 0.29) is 28.6 Å². The zero-order valence-corrected chi connectivity index (χ0v) is 19.5. The highest BCUT2D eigenvalue weighted by Gasteiger charge is 2.22. The summed E-state index contributed by atoms with van der Waals surface area (Å²) in [6.07, 6.45) is 3.34. The van der Waals surface area contributed by atoms with Gasteiger partial charge in [0.05, 0.1) is 17.5 Å². The number of nitrogen functional groups attached to an aromatic ring is 1. The molecule has 0 spiro atoms. The second kappa shape index (κ2) is 8.95. The van der Waals surface area contributed by atoms with Crippen LogP contribution < -0.4 is 10.5 Å². The van der Waals surface area contributed by atoms with E-state index in [1.165, 1.54) is 23.6 Å². The van der Waals surface area contributed by atoms with E-state index in [1.54, 1.807) is 25.4 Å². The SMILES string of the molecule is CC(=O)c1c(Oc2ccc(C(=O)O)c(C)c2)nc2c(-c3ccc(-c4ccccc4)nc3)cnn2c1N. The lowest BCUT2D eigenvalue weighted by Gasteiger charge is -2.13. The number of nitrogens with two attached hydrogens (primary N) is 1. The van der Waals surface area contributed by atoms with Crippen molar-refractivity contribution in [2.24, 2.45) is 0 Å². The van der Waals surface area contributed by atoms with Crippen LogP contribution in [-0.4, -0.2) is 36.4 Å². The van der Waals surface area contributed by atoms with E-state index in [1.807, 2.05) is 42.5 Å². The number of carbonyl (C=O) groups excluding carboxylic acids is 1. The van der Waals surface area contributed by atoms with Crippen LogP contribution >= 0.6 is 0 Å². The van der Waals surface area contributed by atoms with Crippen LogP contribution in [0, 0.1) is 6.92 Å². The molecule has 3 aromatic heterocycles. The van der Waals surface area contributed by atoms with Gasteiger partial charge in [-0.1, -0.05) is 36.4 Å². The number of pyridine rings is 1. The molecule has 178 valence electrons. The number of ketones is 1. The van der Waals surface area contributed by atoms with Crippen LogP contribution in [-0.2, 0) is 0 Å². The molecular formula is C27H21N5O4. The third-order valence-electron chi connectivity index (χ3n) is 5.79. The first-order chi connectivity index (χ1) is 17.3. The van der Waals surface area contributed by atoms with Crippen LogP contribution in [0.5, 0.6) is 11.6 Å². The topological polar surface area (TPSA) is 133 Å². The zero-order chi connectivity index (χ0) is 25.4. The van der Waals surface area contributed by atoms with Gasteiger partial charge in [0.2, 0.25) is 5.88 Å². The number of carboxylic acids is 1. The standard InChI is InChI=1S/C27H21N5O4/c1-15-12-19(9-10-20(15)27(34)35)36-26-23(16(2)33)24(28)32-25(31-26)21(14-30-32)18-8-11-22(29-13-18)17-6-4-3-5-7-17/h3-14H,28H2,1-2H3,(H,34,35). The molecule has 3 N–H and O–H groups in total. The number of hydrogen-bond acceptors (Lipinski definition) is 7. The fourth-order valence-corrected chi connectivity index (χ4v) is 3.99. The number of aromatic nitrogens is 4. The van der Waals surface area contributed by atoms with Crippen molar-refractivity contribution in [1.82, 2.24) is 19.6 Å². The maximum absolute atomic E-state index is 12.5. The number of ether oxygens (including phenoxy) is 1. The molecule has 0 aliphatic heterocycles. The summed E-state index contributed by atoms with van der Waals surface area (Å²) >= 11 is 0. The van der Waals surface area contributed by atoms with Crippen molar-refractivity contribution in [1.29, 1.82) is 0 Å². The Hall–Kier alpha value is -5.05. The average Bonchev–Trinajstić information content (AvgIpc) is 3.28. The fraction of sp³-hybridized carbons (Fsp3) is 0.0741. The molecule has 0 saturated heterocycles. The Labute approximate surface area is 205 Å². The van der Waals surface area contributed by atoms with Crippen molar-refractivity contribution < 1.29 is 19.4 Å². The van der Waals surface area contributed by atoms with Crippen molar-refractivity contribution in [2.45, 2.75) is 13.8 Å². The molecule has 5 rings (SSSR count). The number of hydrogen-bond donors (Lipinski definition) is 2. The van der Waals surface area contributed by atoms with Gasteiger partial charge in [-0.25, -0.2) is 4.79 Å². The Balaban J connectivity index is 1.59. The van der Waals surface area contributed by atoms with E-state index in [0.717, 1.165) is 16.8 Å². The summed E-state index contributed by atoms with van der Waals surface area (Å²) in [4.78, 5) is 33.0. The highest BCUT2D eigenvalue weighted by atomic mass is 16.5. The first-order valence-electron chi connectivity index (χ1n) is 11.0. The minimum atomic E-state index is -1.04. The minimum absolute atomic E-state index is 0.00518. The van der Waals surface area contributed by atoms with Crippen LogP contribution in [0.1, 0.15) is 33.2 Å². The first-order valence-corrected chi connectivity index (χ1v) is 11.0. The fourth-order valence-electron chi connectivity index (χ4n) is 3.99. The van der Waals surface area contributed by atoms with E-state index < -0.39 is 5.97 Å². The van der Waals surface area contributed by atoms with Crippen molar-refractivity contribution in [3.05, 3.63) is 89.7 Å². The Bertz CT molecular complexity index is 1630. The molecule has 2 aromatic carbocycles. The third kappa shape index (κ3) is 4.03. The van der Waals surface area contributed by atoms with Gasteiger partial charge < -0.3 is 15.6 Å². The smallest absolute Gasteiger partial charge is 0.335 e. The number of carbonyl (C=O) groups is 2. The van der Waals surface area contributed by atoms with Crippen molar-refractivity contribution in [3.63, 3.8) is 0 Å². The minimum Gasteiger partial charge on any atom is -0.478 e. The van der Waals surface area contributed by atoms with Crippen molar-refractivity contribution >= 4 is 23.2 Å². The molecule has 9 nitrogen and oxygen atoms in total. The Morgan fingerprint density at radius 1 is 1.00 bits per heavy atom. The van der Waals surface area contributed by atoms with E-state index in [4.69, 9.17) is 10.5 Å². The van der Waals surface area contributed by atoms with Gasteiger partial charge in [-0.3, -0.25) is 9.78 Å². The summed E-state index contributed by atoms with van der Waals surface area (Å²) < 4.78 is 7.34. The number of nitrogens with zero attached hydrogens (tertiary/aromatic N) is 4.